The van der Waals surface area contributed by atoms with E-state index in [1.807, 2.05) is 38.7 Å². The van der Waals surface area contributed by atoms with E-state index >= 15 is 0 Å². The Morgan fingerprint density at radius 3 is 2.65 bits per heavy atom. The Bertz CT molecular complexity index is 530. The van der Waals surface area contributed by atoms with Gasteiger partial charge in [0.25, 0.3) is 0 Å². The van der Waals surface area contributed by atoms with E-state index in [0.29, 0.717) is 0 Å². The molecule has 0 saturated carbocycles. The average molecular weight is 231 g/mol. The Morgan fingerprint density at radius 1 is 1.29 bits per heavy atom. The van der Waals surface area contributed by atoms with Crippen LogP contribution in [-0.2, 0) is 13.5 Å². The van der Waals surface area contributed by atoms with Gasteiger partial charge in [-0.2, -0.15) is 0 Å². The fraction of sp³-hybridized carbons (Fsp3) is 0.417. The second kappa shape index (κ2) is 4.53. The zero-order valence-corrected chi connectivity index (χ0v) is 10.7. The number of aryl methyl sites for hydroxylation is 2. The van der Waals surface area contributed by atoms with Crippen LogP contribution in [0.2, 0.25) is 0 Å². The van der Waals surface area contributed by atoms with Crippen molar-refractivity contribution in [2.24, 2.45) is 7.05 Å². The monoisotopic (exact) mass is 231 g/mol. The van der Waals surface area contributed by atoms with Crippen molar-refractivity contribution in [3.8, 4) is 0 Å². The van der Waals surface area contributed by atoms with Gasteiger partial charge < -0.3 is 9.88 Å². The smallest absolute Gasteiger partial charge is 0.132 e. The minimum Gasteiger partial charge on any atom is -0.373 e. The first-order valence-corrected chi connectivity index (χ1v) is 5.60. The van der Waals surface area contributed by atoms with Crippen molar-refractivity contribution in [1.29, 1.82) is 0 Å². The molecule has 17 heavy (non-hydrogen) atoms. The van der Waals surface area contributed by atoms with Crippen LogP contribution in [0, 0.1) is 13.8 Å². The zero-order chi connectivity index (χ0) is 12.4. The lowest BCUT2D eigenvalue weighted by Gasteiger charge is -2.10. The Hall–Kier alpha value is -1.91. The molecular weight excluding hydrogens is 214 g/mol. The molecular formula is C12H17N5. The lowest BCUT2D eigenvalue weighted by atomic mass is 10.1. The summed E-state index contributed by atoms with van der Waals surface area (Å²) < 4.78 is 2.01. The largest absolute Gasteiger partial charge is 0.373 e. The first kappa shape index (κ1) is 11.6. The van der Waals surface area contributed by atoms with Crippen molar-refractivity contribution >= 4 is 5.82 Å². The maximum atomic E-state index is 4.49. The first-order valence-electron chi connectivity index (χ1n) is 5.60. The van der Waals surface area contributed by atoms with Gasteiger partial charge in [0, 0.05) is 38.5 Å². The minimum absolute atomic E-state index is 0.730. The molecule has 2 rings (SSSR count). The predicted octanol–water partition coefficient (Wildman–Crippen LogP) is 1.46. The average Bonchev–Trinajstić information content (AvgIpc) is 2.69. The van der Waals surface area contributed by atoms with Crippen LogP contribution < -0.4 is 5.32 Å². The summed E-state index contributed by atoms with van der Waals surface area (Å²) in [6, 6.07) is 0. The molecule has 5 nitrogen and oxygen atoms in total. The van der Waals surface area contributed by atoms with Crippen LogP contribution in [0.3, 0.4) is 0 Å². The lowest BCUT2D eigenvalue weighted by molar-refractivity contribution is 0.801. The maximum Gasteiger partial charge on any atom is 0.132 e. The van der Waals surface area contributed by atoms with Gasteiger partial charge in [-0.3, -0.25) is 0 Å². The third-order valence-corrected chi connectivity index (χ3v) is 2.84. The molecule has 0 spiro atoms. The molecule has 90 valence electrons. The Morgan fingerprint density at radius 2 is 2.06 bits per heavy atom. The summed E-state index contributed by atoms with van der Waals surface area (Å²) in [4.78, 5) is 13.2. The molecule has 0 radical (unpaired) electrons. The fourth-order valence-corrected chi connectivity index (χ4v) is 1.82. The summed E-state index contributed by atoms with van der Waals surface area (Å²) in [7, 11) is 3.87. The van der Waals surface area contributed by atoms with Crippen molar-refractivity contribution in [1.82, 2.24) is 19.5 Å². The molecule has 0 unspecified atom stereocenters. The van der Waals surface area contributed by atoms with Gasteiger partial charge in [-0.15, -0.1) is 0 Å². The molecule has 0 amide bonds. The van der Waals surface area contributed by atoms with Gasteiger partial charge in [-0.05, 0) is 13.8 Å². The number of hydrogen-bond acceptors (Lipinski definition) is 4. The molecule has 0 aliphatic rings. The number of rotatable bonds is 3. The van der Waals surface area contributed by atoms with E-state index in [1.54, 1.807) is 6.20 Å². The first-order chi connectivity index (χ1) is 8.11. The van der Waals surface area contributed by atoms with Gasteiger partial charge in [0.15, 0.2) is 0 Å². The number of aromatic nitrogens is 4. The second-order valence-electron chi connectivity index (χ2n) is 4.07. The highest BCUT2D eigenvalue weighted by Gasteiger charge is 2.10. The maximum absolute atomic E-state index is 4.49. The van der Waals surface area contributed by atoms with Crippen LogP contribution in [0.25, 0.3) is 0 Å². The van der Waals surface area contributed by atoms with E-state index in [1.165, 1.54) is 0 Å². The van der Waals surface area contributed by atoms with Gasteiger partial charge >= 0.3 is 0 Å². The standard InChI is InChI=1S/C12H17N5/c1-8-10(7-11-14-5-6-17(11)4)15-9(2)16-12(8)13-3/h5-6H,7H2,1-4H3,(H,13,15,16). The van der Waals surface area contributed by atoms with Crippen LogP contribution in [-0.4, -0.2) is 26.6 Å². The molecule has 0 aromatic carbocycles. The zero-order valence-electron chi connectivity index (χ0n) is 10.7. The van der Waals surface area contributed by atoms with Gasteiger partial charge in [-0.25, -0.2) is 15.0 Å². The van der Waals surface area contributed by atoms with Crippen LogP contribution in [0.5, 0.6) is 0 Å². The summed E-state index contributed by atoms with van der Waals surface area (Å²) in [6.07, 6.45) is 4.47. The van der Waals surface area contributed by atoms with E-state index < -0.39 is 0 Å². The van der Waals surface area contributed by atoms with Crippen molar-refractivity contribution in [2.45, 2.75) is 20.3 Å². The van der Waals surface area contributed by atoms with Gasteiger partial charge in [0.05, 0.1) is 5.69 Å². The topological polar surface area (TPSA) is 55.6 Å². The quantitative estimate of drug-likeness (QED) is 0.869. The summed E-state index contributed by atoms with van der Waals surface area (Å²) in [5.74, 6) is 2.68. The van der Waals surface area contributed by atoms with Gasteiger partial charge in [0.2, 0.25) is 0 Å². The summed E-state index contributed by atoms with van der Waals surface area (Å²) in [6.45, 7) is 3.94. The normalized spacial score (nSPS) is 10.6. The molecule has 0 fully saturated rings. The van der Waals surface area contributed by atoms with E-state index in [4.69, 9.17) is 0 Å². The molecule has 0 atom stereocenters. The number of anilines is 1. The van der Waals surface area contributed by atoms with E-state index in [0.717, 1.165) is 35.1 Å². The summed E-state index contributed by atoms with van der Waals surface area (Å²) >= 11 is 0. The molecule has 2 aromatic rings. The SMILES string of the molecule is CNc1nc(C)nc(Cc2nccn2C)c1C. The Balaban J connectivity index is 2.39. The van der Waals surface area contributed by atoms with Crippen LogP contribution in [0.1, 0.15) is 22.9 Å². The van der Waals surface area contributed by atoms with E-state index in [-0.39, 0.29) is 0 Å². The third-order valence-electron chi connectivity index (χ3n) is 2.84. The highest BCUT2D eigenvalue weighted by molar-refractivity contribution is 5.45. The van der Waals surface area contributed by atoms with Crippen molar-refractivity contribution < 1.29 is 0 Å². The van der Waals surface area contributed by atoms with Gasteiger partial charge in [-0.1, -0.05) is 0 Å². The van der Waals surface area contributed by atoms with Crippen LogP contribution in [0.4, 0.5) is 5.82 Å². The summed E-state index contributed by atoms with van der Waals surface area (Å²) in [5.41, 5.74) is 2.11. The molecule has 0 saturated heterocycles. The number of nitrogens with zero attached hydrogens (tertiary/aromatic N) is 4. The molecule has 1 N–H and O–H groups in total. The van der Waals surface area contributed by atoms with Crippen LogP contribution >= 0.6 is 0 Å². The van der Waals surface area contributed by atoms with Crippen LogP contribution in [0.15, 0.2) is 12.4 Å². The van der Waals surface area contributed by atoms with E-state index in [9.17, 15) is 0 Å². The van der Waals surface area contributed by atoms with Crippen molar-refractivity contribution in [3.63, 3.8) is 0 Å². The summed E-state index contributed by atoms with van der Waals surface area (Å²) in [5, 5.41) is 3.09. The molecule has 0 aliphatic carbocycles. The van der Waals surface area contributed by atoms with Crippen molar-refractivity contribution in [3.05, 3.63) is 35.3 Å². The third kappa shape index (κ3) is 2.27. The van der Waals surface area contributed by atoms with Gasteiger partial charge in [0.1, 0.15) is 17.5 Å². The van der Waals surface area contributed by atoms with E-state index in [2.05, 4.69) is 20.3 Å². The number of imidazole rings is 1. The Kier molecular flexibility index (Phi) is 3.08. The Labute approximate surface area is 101 Å². The molecule has 0 aliphatic heterocycles. The minimum atomic E-state index is 0.730. The molecule has 2 aromatic heterocycles. The lowest BCUT2D eigenvalue weighted by Crippen LogP contribution is -2.08. The number of hydrogen-bond donors (Lipinski definition) is 1. The highest BCUT2D eigenvalue weighted by atomic mass is 15.0. The fourth-order valence-electron chi connectivity index (χ4n) is 1.82. The number of nitrogens with one attached hydrogen (secondary N) is 1. The molecule has 5 heteroatoms. The highest BCUT2D eigenvalue weighted by Crippen LogP contribution is 2.17. The molecule has 2 heterocycles. The molecule has 0 bridgehead atoms. The second-order valence-corrected chi connectivity index (χ2v) is 4.07. The predicted molar refractivity (Wildman–Crippen MR) is 67.1 cm³/mol. The van der Waals surface area contributed by atoms with Crippen molar-refractivity contribution in [2.75, 3.05) is 12.4 Å².